The molecule has 190 valence electrons. The number of ether oxygens (including phenoxy) is 1. The van der Waals surface area contributed by atoms with E-state index < -0.39 is 54.1 Å². The molecule has 3 amide bonds. The van der Waals surface area contributed by atoms with E-state index in [2.05, 4.69) is 30.7 Å². The Labute approximate surface area is 211 Å². The topological polar surface area (TPSA) is 180 Å². The lowest BCUT2D eigenvalue weighted by Crippen LogP contribution is -2.39. The lowest BCUT2D eigenvalue weighted by atomic mass is 10.1. The number of phenolic OH excluding ortho intramolecular Hbond substituents is 1. The second-order valence-corrected chi connectivity index (χ2v) is 9.05. The number of hydrogen-bond acceptors (Lipinski definition) is 10. The van der Waals surface area contributed by atoms with Crippen molar-refractivity contribution in [3.63, 3.8) is 0 Å². The van der Waals surface area contributed by atoms with Crippen molar-refractivity contribution in [2.45, 2.75) is 13.5 Å². The minimum absolute atomic E-state index is 0.0331. The van der Waals surface area contributed by atoms with Gasteiger partial charge >= 0.3 is 12.1 Å². The van der Waals surface area contributed by atoms with Gasteiger partial charge in [0.15, 0.2) is 0 Å². The van der Waals surface area contributed by atoms with E-state index in [1.54, 1.807) is 12.3 Å². The summed E-state index contributed by atoms with van der Waals surface area (Å²) >= 11 is 2.42. The van der Waals surface area contributed by atoms with Crippen LogP contribution in [0.5, 0.6) is 5.75 Å². The number of alkyl carbamates (subject to hydrolysis) is 1. The second-order valence-electron chi connectivity index (χ2n) is 7.11. The number of rotatable bonds is 9. The number of benzene rings is 1. The summed E-state index contributed by atoms with van der Waals surface area (Å²) in [6.45, 7) is 0.763. The summed E-state index contributed by atoms with van der Waals surface area (Å²) in [5.41, 5.74) is 0.762. The first kappa shape index (κ1) is 26.5. The first-order valence-electron chi connectivity index (χ1n) is 10.1. The predicted octanol–water partition coefficient (Wildman–Crippen LogP) is 1.87. The number of thiazole rings is 2. The number of carbonyl (C=O) groups is 4. The van der Waals surface area contributed by atoms with Crippen molar-refractivity contribution in [2.24, 2.45) is 0 Å². The average Bonchev–Trinajstić information content (AvgIpc) is 3.47. The van der Waals surface area contributed by atoms with E-state index >= 15 is 0 Å². The average molecular weight is 538 g/mol. The molecule has 3 aromatic rings. The molecule has 0 atom stereocenters. The van der Waals surface area contributed by atoms with E-state index in [1.807, 2.05) is 0 Å². The maximum atomic E-state index is 14.9. The Morgan fingerprint density at radius 3 is 2.56 bits per heavy atom. The predicted molar refractivity (Wildman–Crippen MR) is 127 cm³/mol. The summed E-state index contributed by atoms with van der Waals surface area (Å²) < 4.78 is 19.4. The number of phenols is 1. The van der Waals surface area contributed by atoms with E-state index in [-0.39, 0.29) is 17.1 Å². The van der Waals surface area contributed by atoms with Crippen LogP contribution in [0.4, 0.5) is 9.18 Å². The summed E-state index contributed by atoms with van der Waals surface area (Å²) in [4.78, 5) is 55.1. The Balaban J connectivity index is 1.74. The van der Waals surface area contributed by atoms with Crippen molar-refractivity contribution in [1.29, 1.82) is 0 Å². The zero-order valence-corrected chi connectivity index (χ0v) is 20.5. The zero-order chi connectivity index (χ0) is 26.4. The number of hydrogen-bond donors (Lipinski definition) is 5. The number of amides is 3. The molecule has 0 aliphatic rings. The first-order chi connectivity index (χ1) is 17.1. The maximum Gasteiger partial charge on any atom is 0.407 e. The van der Waals surface area contributed by atoms with Crippen LogP contribution in [0.1, 0.15) is 21.1 Å². The number of carboxylic acids is 1. The Kier molecular flexibility index (Phi) is 8.50. The molecule has 0 spiro atoms. The number of nitrogens with one attached hydrogen (secondary N) is 3. The highest BCUT2D eigenvalue weighted by Gasteiger charge is 2.20. The molecule has 5 N–H and O–H groups in total. The standard InChI is InChI=1S/C21H20FN5O7S2/c1-9-18(36-16(26-9)6-25-21(33)34-2)13-8-35-20(27-13)10-4-14(28)11(3-12(10)22)19(32)24-5-15(29)23-7-17(30)31/h3-4,8,28H,5-7H2,1-2H3,(H,23,29)(H,24,32)(H,25,33)(H,30,31). The Morgan fingerprint density at radius 2 is 1.86 bits per heavy atom. The third kappa shape index (κ3) is 6.51. The number of aliphatic carboxylic acids is 1. The lowest BCUT2D eigenvalue weighted by Gasteiger charge is -2.09. The number of carbonyl (C=O) groups excluding carboxylic acids is 3. The molecule has 1 aromatic carbocycles. The molecule has 15 heteroatoms. The van der Waals surface area contributed by atoms with Crippen LogP contribution < -0.4 is 16.0 Å². The SMILES string of the molecule is COC(=O)NCc1nc(C)c(-c2csc(-c3cc(O)c(C(=O)NCC(=O)NCC(=O)O)cc3F)n2)s1. The van der Waals surface area contributed by atoms with Gasteiger partial charge in [-0.15, -0.1) is 22.7 Å². The number of halogens is 1. The van der Waals surface area contributed by atoms with Gasteiger partial charge in [-0.05, 0) is 19.1 Å². The van der Waals surface area contributed by atoms with E-state index in [4.69, 9.17) is 5.11 Å². The molecule has 0 bridgehead atoms. The molecule has 0 saturated carbocycles. The highest BCUT2D eigenvalue weighted by Crippen LogP contribution is 2.36. The zero-order valence-electron chi connectivity index (χ0n) is 18.9. The molecule has 12 nitrogen and oxygen atoms in total. The van der Waals surface area contributed by atoms with Crippen LogP contribution >= 0.6 is 22.7 Å². The second kappa shape index (κ2) is 11.5. The molecule has 0 saturated heterocycles. The van der Waals surface area contributed by atoms with Crippen LogP contribution in [-0.4, -0.2) is 64.3 Å². The minimum atomic E-state index is -1.25. The van der Waals surface area contributed by atoms with Gasteiger partial charge in [0, 0.05) is 10.9 Å². The van der Waals surface area contributed by atoms with Crippen molar-refractivity contribution in [3.8, 4) is 26.9 Å². The molecule has 0 radical (unpaired) electrons. The third-order valence-electron chi connectivity index (χ3n) is 4.55. The van der Waals surface area contributed by atoms with Crippen LogP contribution in [0.15, 0.2) is 17.5 Å². The lowest BCUT2D eigenvalue weighted by molar-refractivity contribution is -0.137. The maximum absolute atomic E-state index is 14.9. The van der Waals surface area contributed by atoms with E-state index in [0.29, 0.717) is 16.4 Å². The number of aromatic nitrogens is 2. The van der Waals surface area contributed by atoms with Gasteiger partial charge in [-0.2, -0.15) is 0 Å². The third-order valence-corrected chi connectivity index (χ3v) is 6.61. The summed E-state index contributed by atoms with van der Waals surface area (Å²) in [6, 6.07) is 1.88. The minimum Gasteiger partial charge on any atom is -0.507 e. The van der Waals surface area contributed by atoms with Gasteiger partial charge in [-0.25, -0.2) is 19.2 Å². The summed E-state index contributed by atoms with van der Waals surface area (Å²) in [6.07, 6.45) is -0.589. The summed E-state index contributed by atoms with van der Waals surface area (Å²) in [5.74, 6) is -4.29. The Hall–Kier alpha value is -4.11. The number of aromatic hydroxyl groups is 1. The van der Waals surface area contributed by atoms with Gasteiger partial charge in [0.2, 0.25) is 5.91 Å². The van der Waals surface area contributed by atoms with E-state index in [1.165, 1.54) is 18.4 Å². The number of methoxy groups -OCH3 is 1. The number of aryl methyl sites for hydroxylation is 1. The molecule has 0 fully saturated rings. The highest BCUT2D eigenvalue weighted by atomic mass is 32.1. The fraction of sp³-hybridized carbons (Fsp3) is 0.238. The number of nitrogens with zero attached hydrogens (tertiary/aromatic N) is 2. The molecule has 0 unspecified atom stereocenters. The molecule has 0 aliphatic heterocycles. The summed E-state index contributed by atoms with van der Waals surface area (Å²) in [5, 5.41) is 28.2. The molecule has 0 aliphatic carbocycles. The van der Waals surface area contributed by atoms with Gasteiger partial charge in [0.1, 0.15) is 28.1 Å². The molecular formula is C21H20FN5O7S2. The van der Waals surface area contributed by atoms with Gasteiger partial charge < -0.3 is 30.9 Å². The van der Waals surface area contributed by atoms with Crippen LogP contribution in [0, 0.1) is 12.7 Å². The molecule has 36 heavy (non-hydrogen) atoms. The highest BCUT2D eigenvalue weighted by molar-refractivity contribution is 7.16. The van der Waals surface area contributed by atoms with Gasteiger partial charge in [-0.1, -0.05) is 0 Å². The summed E-state index contributed by atoms with van der Waals surface area (Å²) in [7, 11) is 1.25. The fourth-order valence-corrected chi connectivity index (χ4v) is 4.76. The van der Waals surface area contributed by atoms with Crippen LogP contribution in [0.2, 0.25) is 0 Å². The molecule has 2 aromatic heterocycles. The van der Waals surface area contributed by atoms with Gasteiger partial charge in [0.25, 0.3) is 5.91 Å². The van der Waals surface area contributed by atoms with Crippen LogP contribution in [0.25, 0.3) is 21.1 Å². The normalized spacial score (nSPS) is 10.5. The fourth-order valence-electron chi connectivity index (χ4n) is 2.89. The van der Waals surface area contributed by atoms with Crippen molar-refractivity contribution in [2.75, 3.05) is 20.2 Å². The van der Waals surface area contributed by atoms with Crippen molar-refractivity contribution in [3.05, 3.63) is 39.6 Å². The van der Waals surface area contributed by atoms with E-state index in [0.717, 1.165) is 28.3 Å². The smallest absolute Gasteiger partial charge is 0.407 e. The number of carboxylic acid groups (broad SMARTS) is 1. The quantitative estimate of drug-likeness (QED) is 0.272. The van der Waals surface area contributed by atoms with Gasteiger partial charge in [-0.3, -0.25) is 14.4 Å². The monoisotopic (exact) mass is 537 g/mol. The van der Waals surface area contributed by atoms with Crippen LogP contribution in [0.3, 0.4) is 0 Å². The Morgan fingerprint density at radius 1 is 1.11 bits per heavy atom. The molecule has 3 rings (SSSR count). The first-order valence-corrected chi connectivity index (χ1v) is 11.8. The van der Waals surface area contributed by atoms with Crippen molar-refractivity contribution < 1.29 is 38.5 Å². The van der Waals surface area contributed by atoms with Gasteiger partial charge in [0.05, 0.1) is 42.0 Å². The van der Waals surface area contributed by atoms with Crippen molar-refractivity contribution >= 4 is 46.6 Å². The van der Waals surface area contributed by atoms with Crippen molar-refractivity contribution in [1.82, 2.24) is 25.9 Å². The van der Waals surface area contributed by atoms with E-state index in [9.17, 15) is 28.7 Å². The van der Waals surface area contributed by atoms with Crippen LogP contribution in [-0.2, 0) is 20.9 Å². The molecular weight excluding hydrogens is 517 g/mol. The Bertz CT molecular complexity index is 1320. The molecule has 2 heterocycles. The largest absolute Gasteiger partial charge is 0.507 e.